The van der Waals surface area contributed by atoms with Gasteiger partial charge in [-0.3, -0.25) is 0 Å². The lowest BCUT2D eigenvalue weighted by Gasteiger charge is -2.45. The Bertz CT molecular complexity index is 6830. The molecule has 0 atom stereocenters. The Labute approximate surface area is 634 Å². The van der Waals surface area contributed by atoms with Crippen molar-refractivity contribution in [3.8, 4) is 55.9 Å². The van der Waals surface area contributed by atoms with Crippen molar-refractivity contribution in [2.24, 2.45) is 0 Å². The third-order valence-corrected chi connectivity index (χ3v) is 23.0. The van der Waals surface area contributed by atoms with E-state index in [0.29, 0.717) is 0 Å². The fourth-order valence-electron chi connectivity index (χ4n) is 18.2. The Kier molecular flexibility index (Phi) is 13.7. The van der Waals surface area contributed by atoms with Crippen molar-refractivity contribution in [2.75, 3.05) is 14.7 Å². The van der Waals surface area contributed by atoms with Crippen molar-refractivity contribution in [2.45, 2.75) is 0 Å². The number of hydrogen-bond donors (Lipinski definition) is 0. The molecule has 21 aromatic rings. The van der Waals surface area contributed by atoms with E-state index < -0.39 is 6.71 Å². The maximum atomic E-state index is 7.60. The third kappa shape index (κ3) is 9.39. The number of furan rings is 2. The van der Waals surface area contributed by atoms with Crippen LogP contribution in [-0.4, -0.2) is 15.8 Å². The lowest BCUT2D eigenvalue weighted by Crippen LogP contribution is -2.61. The minimum absolute atomic E-state index is 0.418. The zero-order valence-corrected chi connectivity index (χ0v) is 59.6. The van der Waals surface area contributed by atoms with Crippen LogP contribution in [0, 0.1) is 0 Å². The Morgan fingerprint density at radius 2 is 0.582 bits per heavy atom. The summed E-state index contributed by atoms with van der Waals surface area (Å²) < 4.78 is 20.2. The lowest BCUT2D eigenvalue weighted by atomic mass is 9.33. The Morgan fingerprint density at radius 3 is 0.991 bits per heavy atom. The summed E-state index contributed by atoms with van der Waals surface area (Å²) in [4.78, 5) is 7.71. The number of benzene rings is 17. The Morgan fingerprint density at radius 1 is 0.236 bits per heavy atom. The molecule has 0 spiro atoms. The van der Waals surface area contributed by atoms with Crippen molar-refractivity contribution in [1.29, 1.82) is 0 Å². The summed E-state index contributed by atoms with van der Waals surface area (Å²) in [6.45, 7) is -0.418. The maximum Gasteiger partial charge on any atom is 0.252 e. The zero-order valence-electron chi connectivity index (χ0n) is 59.6. The maximum absolute atomic E-state index is 7.60. The van der Waals surface area contributed by atoms with Crippen LogP contribution in [0.5, 0.6) is 0 Å². The predicted molar refractivity (Wildman–Crippen MR) is 460 cm³/mol. The molecule has 0 saturated heterocycles. The fourth-order valence-corrected chi connectivity index (χ4v) is 18.2. The molecule has 23 rings (SSSR count). The minimum Gasteiger partial charge on any atom is -0.454 e. The molecule has 17 aromatic carbocycles. The van der Waals surface area contributed by atoms with E-state index in [1.165, 1.54) is 0 Å². The van der Waals surface area contributed by atoms with Gasteiger partial charge in [-0.25, -0.2) is 0 Å². The molecule has 0 aliphatic carbocycles. The van der Waals surface area contributed by atoms with E-state index in [1.807, 2.05) is 0 Å². The normalized spacial score (nSPS) is 12.5. The Hall–Kier alpha value is -14.6. The highest BCUT2D eigenvalue weighted by Crippen LogP contribution is 2.56. The van der Waals surface area contributed by atoms with E-state index in [0.717, 1.165) is 211 Å². The predicted octanol–water partition coefficient (Wildman–Crippen LogP) is 25.9. The van der Waals surface area contributed by atoms with Gasteiger partial charge in [0.2, 0.25) is 0 Å². The van der Waals surface area contributed by atoms with Gasteiger partial charge in [-0.15, -0.1) is 0 Å². The molecule has 7 nitrogen and oxygen atoms in total. The number of anilines is 9. The lowest BCUT2D eigenvalue weighted by molar-refractivity contribution is 0.669. The van der Waals surface area contributed by atoms with E-state index in [1.54, 1.807) is 0 Å². The molecule has 0 saturated carbocycles. The molecule has 0 radical (unpaired) electrons. The van der Waals surface area contributed by atoms with E-state index in [-0.39, 0.29) is 0 Å². The largest absolute Gasteiger partial charge is 0.454 e. The summed E-state index contributed by atoms with van der Waals surface area (Å²) in [7, 11) is 0. The molecule has 2 aliphatic rings. The number of para-hydroxylation sites is 6. The van der Waals surface area contributed by atoms with Gasteiger partial charge in [-0.2, -0.15) is 0 Å². The van der Waals surface area contributed by atoms with Crippen LogP contribution in [0.2, 0.25) is 0 Å². The zero-order chi connectivity index (χ0) is 72.1. The van der Waals surface area contributed by atoms with Crippen molar-refractivity contribution in [1.82, 2.24) is 9.13 Å². The second-order valence-corrected chi connectivity index (χ2v) is 29.0. The molecular weight excluding hydrogens is 1340 g/mol. The van der Waals surface area contributed by atoms with Gasteiger partial charge in [-0.1, -0.05) is 267 Å². The average Bonchev–Trinajstić information content (AvgIpc) is 1.19. The highest BCUT2D eigenvalue weighted by molar-refractivity contribution is 7.00. The van der Waals surface area contributed by atoms with Crippen LogP contribution in [0.15, 0.2) is 397 Å². The molecule has 0 fully saturated rings. The fraction of sp³-hybridized carbons (Fsp3) is 0. The van der Waals surface area contributed by atoms with Crippen LogP contribution in [0.1, 0.15) is 0 Å². The van der Waals surface area contributed by atoms with E-state index in [9.17, 15) is 0 Å². The first-order valence-electron chi connectivity index (χ1n) is 37.7. The quantitative estimate of drug-likeness (QED) is 0.121. The molecule has 6 heterocycles. The summed E-state index contributed by atoms with van der Waals surface area (Å²) in [5, 5.41) is 8.71. The van der Waals surface area contributed by atoms with Crippen LogP contribution < -0.4 is 31.1 Å². The van der Waals surface area contributed by atoms with Gasteiger partial charge >= 0.3 is 0 Å². The second kappa shape index (κ2) is 24.5. The van der Waals surface area contributed by atoms with Crippen LogP contribution >= 0.6 is 0 Å². The van der Waals surface area contributed by atoms with Gasteiger partial charge < -0.3 is 32.7 Å². The monoisotopic (exact) mass is 1400 g/mol. The van der Waals surface area contributed by atoms with Gasteiger partial charge in [0.05, 0.1) is 39.1 Å². The van der Waals surface area contributed by atoms with Crippen molar-refractivity contribution >= 4 is 162 Å². The standard InChI is InChI=1S/C102H64BN5O2/c1-7-27-65(28-8-1)67-47-51-73(52-48-67)104(74-53-49-68(50-54-74)66-29-9-2-10-30-66)75-59-94-98-95(60-75)108(100-77(70-33-13-4-14-34-70)56-58-83-81-42-22-26-46-97(81)110-102(83)100)93-62-85-79-40-20-24-44-89(79)106(72-37-17-6-18-38-72)91(85)64-87(93)103(98)86-63-90-84(78-39-19-23-43-88(78)105(90)71-35-15-5-16-36-71)61-92(86)107(94)99-76(69-31-11-3-12-32-69)55-57-82-80-41-21-25-45-96(80)109-101(82)99/h1-64H. The molecule has 0 amide bonds. The van der Waals surface area contributed by atoms with Crippen LogP contribution in [0.25, 0.3) is 143 Å². The summed E-state index contributed by atoms with van der Waals surface area (Å²) in [6, 6.07) is 143. The number of fused-ring (bicyclic) bond motifs is 16. The van der Waals surface area contributed by atoms with Crippen molar-refractivity contribution in [3.05, 3.63) is 388 Å². The van der Waals surface area contributed by atoms with Gasteiger partial charge in [0.25, 0.3) is 6.71 Å². The summed E-state index contributed by atoms with van der Waals surface area (Å²) in [5.74, 6) is 0. The van der Waals surface area contributed by atoms with Crippen molar-refractivity contribution < 1.29 is 8.83 Å². The molecule has 512 valence electrons. The number of rotatable bonds is 11. The number of aromatic nitrogens is 2. The first-order valence-corrected chi connectivity index (χ1v) is 37.7. The minimum atomic E-state index is -0.418. The molecule has 2 aliphatic heterocycles. The van der Waals surface area contributed by atoms with Gasteiger partial charge in [0, 0.05) is 99.7 Å². The van der Waals surface area contributed by atoms with E-state index in [4.69, 9.17) is 8.83 Å². The first-order chi connectivity index (χ1) is 54.6. The molecule has 0 N–H and O–H groups in total. The molecule has 110 heavy (non-hydrogen) atoms. The number of nitrogens with zero attached hydrogens (tertiary/aromatic N) is 5. The highest BCUT2D eigenvalue weighted by Gasteiger charge is 2.47. The van der Waals surface area contributed by atoms with Crippen molar-refractivity contribution in [3.63, 3.8) is 0 Å². The van der Waals surface area contributed by atoms with Crippen LogP contribution in [0.4, 0.5) is 51.2 Å². The van der Waals surface area contributed by atoms with Crippen LogP contribution in [-0.2, 0) is 0 Å². The summed E-state index contributed by atoms with van der Waals surface area (Å²) >= 11 is 0. The molecular formula is C102H64BN5O2. The molecule has 4 aromatic heterocycles. The summed E-state index contributed by atoms with van der Waals surface area (Å²) in [6.07, 6.45) is 0. The van der Waals surface area contributed by atoms with E-state index in [2.05, 4.69) is 412 Å². The number of hydrogen-bond acceptors (Lipinski definition) is 5. The van der Waals surface area contributed by atoms with Gasteiger partial charge in [0.1, 0.15) is 11.2 Å². The average molecular weight is 1400 g/mol. The first kappa shape index (κ1) is 61.7. The second-order valence-electron chi connectivity index (χ2n) is 29.0. The molecule has 0 unspecified atom stereocenters. The molecule has 0 bridgehead atoms. The summed E-state index contributed by atoms with van der Waals surface area (Å²) in [5.41, 5.74) is 30.8. The topological polar surface area (TPSA) is 45.9 Å². The van der Waals surface area contributed by atoms with E-state index >= 15 is 0 Å². The third-order valence-electron chi connectivity index (χ3n) is 23.0. The van der Waals surface area contributed by atoms with Gasteiger partial charge in [0.15, 0.2) is 11.2 Å². The van der Waals surface area contributed by atoms with Crippen LogP contribution in [0.3, 0.4) is 0 Å². The van der Waals surface area contributed by atoms with Gasteiger partial charge in [-0.05, 0) is 171 Å². The SMILES string of the molecule is c1ccc(-c2ccc(N(c3ccc(-c4ccccc4)cc3)c3cc4c5c(c3)N(c3c(-c6ccccc6)ccc6c3oc3ccccc36)c3cc6c7ccccc7n(-c7ccccc7)c6cc3B5c3cc5c(cc3N4c3c(-c4ccccc4)ccc4c3oc3ccccc34)c3ccccc3n5-c3ccccc3)cc2)cc1. The smallest absolute Gasteiger partial charge is 0.252 e. The highest BCUT2D eigenvalue weighted by atomic mass is 16.3. The Balaban J connectivity index is 0.935. The molecule has 8 heteroatoms.